The van der Waals surface area contributed by atoms with E-state index in [0.29, 0.717) is 12.0 Å². The first kappa shape index (κ1) is 36.9. The maximum absolute atomic E-state index is 14.0. The summed E-state index contributed by atoms with van der Waals surface area (Å²) in [6.45, 7) is 14.4. The number of aliphatic hydroxyl groups is 2. The van der Waals surface area contributed by atoms with Crippen molar-refractivity contribution in [1.82, 2.24) is 0 Å². The Hall–Kier alpha value is -1.85. The molecule has 11 atom stereocenters. The van der Waals surface area contributed by atoms with Gasteiger partial charge in [0.05, 0.1) is 18.3 Å². The van der Waals surface area contributed by atoms with Gasteiger partial charge in [0.1, 0.15) is 17.8 Å². The SMILES string of the molecule is CCCCCCCCCCCCCC(=O)O[C@@H]1[C@@H](C)[C@@]2(O)[C@H]([C@@H]3C(C)(C)[C@]13OC(C)=O)[C@@H]1O[C@@]13COC(C)(C)O[C@H]3[C@]1(O)C(=O)C(C)=C[C@H]12. The Morgan fingerprint density at radius 1 is 0.939 bits per heavy atom. The topological polar surface area (TPSA) is 141 Å². The predicted molar refractivity (Wildman–Crippen MR) is 180 cm³/mol. The molecule has 10 nitrogen and oxygen atoms in total. The Labute approximate surface area is 292 Å². The fourth-order valence-corrected chi connectivity index (χ4v) is 10.8. The lowest BCUT2D eigenvalue weighted by atomic mass is 9.58. The van der Waals surface area contributed by atoms with Crippen molar-refractivity contribution in [3.8, 4) is 0 Å². The highest BCUT2D eigenvalue weighted by Gasteiger charge is 2.94. The standard InChI is InChI=1S/C39H60O10/c1-9-10-11-12-13-14-15-16-17-18-19-20-27(41)46-31-24(3)37(43)26-21-23(2)30(42)38(26,44)33-36(22-45-35(7,8)49-33)32(48-36)28(37)29-34(5,6)39(29,31)47-25(4)40/h21,24,26,28-29,31-33,43-44H,9-20,22H2,1-8H3/t24-,26+,28-,29-,31-,32+,33-,36+,37+,38-,39-/m1/s1. The van der Waals surface area contributed by atoms with Gasteiger partial charge in [0.2, 0.25) is 0 Å². The first-order valence-electron chi connectivity index (χ1n) is 19.0. The number of hydrogen-bond acceptors (Lipinski definition) is 10. The van der Waals surface area contributed by atoms with Crippen molar-refractivity contribution in [2.45, 2.75) is 179 Å². The normalized spacial score (nSPS) is 43.5. The van der Waals surface area contributed by atoms with Gasteiger partial charge in [-0.15, -0.1) is 0 Å². The second-order valence-electron chi connectivity index (χ2n) is 17.1. The summed E-state index contributed by atoms with van der Waals surface area (Å²) in [4.78, 5) is 40.3. The number of carbonyl (C=O) groups is 3. The number of ether oxygens (including phenoxy) is 5. The summed E-state index contributed by atoms with van der Waals surface area (Å²) < 4.78 is 31.4. The summed E-state index contributed by atoms with van der Waals surface area (Å²) in [5.41, 5.74) is -6.76. The number of hydrogen-bond donors (Lipinski definition) is 2. The van der Waals surface area contributed by atoms with Crippen LogP contribution in [0.2, 0.25) is 0 Å². The Kier molecular flexibility index (Phi) is 9.55. The molecule has 1 spiro atoms. The second-order valence-corrected chi connectivity index (χ2v) is 17.1. The molecule has 6 rings (SSSR count). The third kappa shape index (κ3) is 5.48. The first-order chi connectivity index (χ1) is 23.0. The Bertz CT molecular complexity index is 1350. The Morgan fingerprint density at radius 2 is 1.53 bits per heavy atom. The smallest absolute Gasteiger partial charge is 0.306 e. The third-order valence-corrected chi connectivity index (χ3v) is 13.3. The summed E-state index contributed by atoms with van der Waals surface area (Å²) in [5.74, 6) is -5.68. The third-order valence-electron chi connectivity index (χ3n) is 13.3. The molecular weight excluding hydrogens is 628 g/mol. The molecule has 0 aromatic heterocycles. The minimum Gasteiger partial charge on any atom is -0.458 e. The molecule has 0 radical (unpaired) electrons. The van der Waals surface area contributed by atoms with Gasteiger partial charge in [0.15, 0.2) is 22.8 Å². The maximum atomic E-state index is 14.0. The van der Waals surface area contributed by atoms with E-state index in [-0.39, 0.29) is 13.0 Å². The van der Waals surface area contributed by atoms with Crippen molar-refractivity contribution in [2.24, 2.45) is 29.1 Å². The van der Waals surface area contributed by atoms with Gasteiger partial charge in [-0.05, 0) is 32.8 Å². The van der Waals surface area contributed by atoms with Crippen molar-refractivity contribution < 1.29 is 48.3 Å². The second kappa shape index (κ2) is 12.7. The van der Waals surface area contributed by atoms with Crippen LogP contribution in [0.1, 0.15) is 132 Å². The monoisotopic (exact) mass is 688 g/mol. The molecule has 2 aliphatic heterocycles. The number of rotatable bonds is 14. The summed E-state index contributed by atoms with van der Waals surface area (Å²) in [6.07, 6.45) is 11.8. The van der Waals surface area contributed by atoms with Crippen LogP contribution in [0.25, 0.3) is 0 Å². The average Bonchev–Trinajstić information content (AvgIpc) is 3.84. The zero-order valence-electron chi connectivity index (χ0n) is 31.0. The minimum absolute atomic E-state index is 0.0583. The van der Waals surface area contributed by atoms with Crippen LogP contribution < -0.4 is 0 Å². The van der Waals surface area contributed by atoms with Crippen molar-refractivity contribution in [1.29, 1.82) is 0 Å². The van der Waals surface area contributed by atoms with Crippen LogP contribution in [-0.4, -0.2) is 81.0 Å². The lowest BCUT2D eigenvalue weighted by Gasteiger charge is -2.54. The van der Waals surface area contributed by atoms with Gasteiger partial charge in [-0.2, -0.15) is 0 Å². The van der Waals surface area contributed by atoms with E-state index in [1.54, 1.807) is 33.8 Å². The number of carbonyl (C=O) groups excluding carboxylic acids is 3. The van der Waals surface area contributed by atoms with Gasteiger partial charge < -0.3 is 33.9 Å². The highest BCUT2D eigenvalue weighted by atomic mass is 16.8. The van der Waals surface area contributed by atoms with Gasteiger partial charge >= 0.3 is 11.9 Å². The predicted octanol–water partition coefficient (Wildman–Crippen LogP) is 5.73. The largest absolute Gasteiger partial charge is 0.458 e. The molecule has 3 saturated carbocycles. The number of esters is 2. The van der Waals surface area contributed by atoms with Crippen LogP contribution in [0.15, 0.2) is 11.6 Å². The number of fused-ring (bicyclic) bond motifs is 7. The molecule has 4 aliphatic carbocycles. The molecule has 0 aromatic rings. The van der Waals surface area contributed by atoms with Gasteiger partial charge in [-0.1, -0.05) is 98.0 Å². The Balaban J connectivity index is 1.24. The molecule has 49 heavy (non-hydrogen) atoms. The molecule has 2 heterocycles. The summed E-state index contributed by atoms with van der Waals surface area (Å²) in [5, 5.41) is 25.9. The van der Waals surface area contributed by atoms with Crippen LogP contribution in [-0.2, 0) is 38.1 Å². The molecule has 2 N–H and O–H groups in total. The molecule has 5 fully saturated rings. The summed E-state index contributed by atoms with van der Waals surface area (Å²) >= 11 is 0. The fourth-order valence-electron chi connectivity index (χ4n) is 10.8. The van der Waals surface area contributed by atoms with Crippen LogP contribution in [0.5, 0.6) is 0 Å². The average molecular weight is 689 g/mol. The summed E-state index contributed by atoms with van der Waals surface area (Å²) in [7, 11) is 0. The van der Waals surface area contributed by atoms with Gasteiger partial charge in [0, 0.05) is 42.4 Å². The van der Waals surface area contributed by atoms with Crippen LogP contribution in [0, 0.1) is 29.1 Å². The molecule has 0 bridgehead atoms. The zero-order valence-corrected chi connectivity index (χ0v) is 31.0. The van der Waals surface area contributed by atoms with Crippen molar-refractivity contribution in [3.63, 3.8) is 0 Å². The maximum Gasteiger partial charge on any atom is 0.306 e. The lowest BCUT2D eigenvalue weighted by molar-refractivity contribution is -0.329. The number of Topliss-reactive ketones (excluding diaryl/α,β-unsaturated/α-hetero) is 1. The summed E-state index contributed by atoms with van der Waals surface area (Å²) in [6, 6.07) is 0. The molecular formula is C39H60O10. The van der Waals surface area contributed by atoms with Crippen LogP contribution in [0.3, 0.4) is 0 Å². The van der Waals surface area contributed by atoms with Gasteiger partial charge in [-0.25, -0.2) is 0 Å². The van der Waals surface area contributed by atoms with Crippen molar-refractivity contribution >= 4 is 17.7 Å². The van der Waals surface area contributed by atoms with E-state index in [1.807, 2.05) is 13.8 Å². The molecule has 10 heteroatoms. The number of ketones is 1. The van der Waals surface area contributed by atoms with Gasteiger partial charge in [0.25, 0.3) is 0 Å². The van der Waals surface area contributed by atoms with Crippen LogP contribution >= 0.6 is 0 Å². The van der Waals surface area contributed by atoms with E-state index in [9.17, 15) is 24.6 Å². The van der Waals surface area contributed by atoms with Crippen LogP contribution in [0.4, 0.5) is 0 Å². The van der Waals surface area contributed by atoms with E-state index >= 15 is 0 Å². The number of unbranched alkanes of at least 4 members (excludes halogenated alkanes) is 10. The van der Waals surface area contributed by atoms with E-state index < -0.39 is 93.3 Å². The van der Waals surface area contributed by atoms with E-state index in [0.717, 1.165) is 19.3 Å². The van der Waals surface area contributed by atoms with E-state index in [4.69, 9.17) is 23.7 Å². The zero-order chi connectivity index (χ0) is 35.8. The Morgan fingerprint density at radius 3 is 2.12 bits per heavy atom. The first-order valence-corrected chi connectivity index (χ1v) is 19.0. The molecule has 6 aliphatic rings. The van der Waals surface area contributed by atoms with Crippen molar-refractivity contribution in [2.75, 3.05) is 6.61 Å². The van der Waals surface area contributed by atoms with Gasteiger partial charge in [-0.3, -0.25) is 14.4 Å². The highest BCUT2D eigenvalue weighted by molar-refractivity contribution is 6.05. The quantitative estimate of drug-likeness (QED) is 0.132. The van der Waals surface area contributed by atoms with E-state index in [1.165, 1.54) is 51.9 Å². The molecule has 276 valence electrons. The molecule has 0 unspecified atom stereocenters. The lowest BCUT2D eigenvalue weighted by Crippen LogP contribution is -2.70. The molecule has 0 aromatic carbocycles. The minimum atomic E-state index is -2.15. The van der Waals surface area contributed by atoms with Crippen molar-refractivity contribution in [3.05, 3.63) is 11.6 Å². The molecule has 2 saturated heterocycles. The highest BCUT2D eigenvalue weighted by Crippen LogP contribution is 2.80. The molecule has 0 amide bonds. The number of epoxide rings is 1. The van der Waals surface area contributed by atoms with E-state index in [2.05, 4.69) is 6.92 Å². The fraction of sp³-hybridized carbons (Fsp3) is 0.872.